The van der Waals surface area contributed by atoms with Gasteiger partial charge in [0.05, 0.1) is 5.56 Å². The molecule has 0 aliphatic carbocycles. The molecular weight excluding hydrogens is 470 g/mol. The average Bonchev–Trinajstić information content (AvgIpc) is 2.62. The first-order chi connectivity index (χ1) is 12.4. The van der Waals surface area contributed by atoms with Gasteiger partial charge >= 0.3 is 6.18 Å². The van der Waals surface area contributed by atoms with E-state index in [0.717, 1.165) is 36.1 Å². The van der Waals surface area contributed by atoms with Crippen LogP contribution in [0.2, 0.25) is 0 Å². The maximum absolute atomic E-state index is 12.5. The molecule has 8 heteroatoms. The van der Waals surface area contributed by atoms with Crippen molar-refractivity contribution in [1.82, 2.24) is 10.6 Å². The van der Waals surface area contributed by atoms with Gasteiger partial charge in [-0.2, -0.15) is 13.2 Å². The van der Waals surface area contributed by atoms with Crippen molar-refractivity contribution in [2.24, 2.45) is 4.99 Å². The zero-order valence-corrected chi connectivity index (χ0v) is 17.2. The van der Waals surface area contributed by atoms with Crippen molar-refractivity contribution in [3.63, 3.8) is 0 Å². The van der Waals surface area contributed by atoms with Crippen molar-refractivity contribution in [3.05, 3.63) is 65.2 Å². The standard InChI is InChI=1S/C19H22F3N3O.HI/c1-23-18(24-12-2-3-14-6-10-17(26)11-7-14)25-13-15-4-8-16(9-5-15)19(20,21)22;/h4-11,26H,2-3,12-13H2,1H3,(H2,23,24,25);1H. The number of phenols is 1. The Hall–Kier alpha value is -1.97. The van der Waals surface area contributed by atoms with E-state index in [9.17, 15) is 18.3 Å². The number of halogens is 4. The number of nitrogens with zero attached hydrogens (tertiary/aromatic N) is 1. The Labute approximate surface area is 173 Å². The second kappa shape index (κ2) is 11.0. The highest BCUT2D eigenvalue weighted by atomic mass is 127. The van der Waals surface area contributed by atoms with Crippen molar-refractivity contribution >= 4 is 29.9 Å². The monoisotopic (exact) mass is 493 g/mol. The largest absolute Gasteiger partial charge is 0.508 e. The number of hydrogen-bond acceptors (Lipinski definition) is 2. The summed E-state index contributed by atoms with van der Waals surface area (Å²) in [5.41, 5.74) is 1.22. The molecule has 148 valence electrons. The number of aliphatic imine (C=N–C) groups is 1. The molecule has 0 aliphatic rings. The van der Waals surface area contributed by atoms with Gasteiger partial charge in [0.25, 0.3) is 0 Å². The number of benzene rings is 2. The van der Waals surface area contributed by atoms with Crippen LogP contribution >= 0.6 is 24.0 Å². The molecule has 0 bridgehead atoms. The van der Waals surface area contributed by atoms with Crippen LogP contribution in [0.15, 0.2) is 53.5 Å². The number of aryl methyl sites for hydroxylation is 1. The quantitative estimate of drug-likeness (QED) is 0.243. The van der Waals surface area contributed by atoms with Gasteiger partial charge in [-0.25, -0.2) is 0 Å². The van der Waals surface area contributed by atoms with Crippen LogP contribution in [0.3, 0.4) is 0 Å². The number of hydrogen-bond donors (Lipinski definition) is 3. The molecule has 0 amide bonds. The first-order valence-electron chi connectivity index (χ1n) is 8.27. The third-order valence-corrected chi connectivity index (χ3v) is 3.84. The summed E-state index contributed by atoms with van der Waals surface area (Å²) in [6.45, 7) is 1.09. The van der Waals surface area contributed by atoms with E-state index in [1.54, 1.807) is 19.2 Å². The van der Waals surface area contributed by atoms with E-state index in [0.29, 0.717) is 19.0 Å². The van der Waals surface area contributed by atoms with Crippen molar-refractivity contribution in [2.75, 3.05) is 13.6 Å². The van der Waals surface area contributed by atoms with Gasteiger partial charge in [-0.15, -0.1) is 24.0 Å². The van der Waals surface area contributed by atoms with E-state index in [4.69, 9.17) is 0 Å². The summed E-state index contributed by atoms with van der Waals surface area (Å²) in [6.07, 6.45) is -2.57. The highest BCUT2D eigenvalue weighted by Crippen LogP contribution is 2.29. The Morgan fingerprint density at radius 1 is 0.963 bits per heavy atom. The van der Waals surface area contributed by atoms with Crippen molar-refractivity contribution < 1.29 is 18.3 Å². The van der Waals surface area contributed by atoms with Gasteiger partial charge in [-0.05, 0) is 48.2 Å². The van der Waals surface area contributed by atoms with Crippen molar-refractivity contribution in [2.45, 2.75) is 25.6 Å². The zero-order chi connectivity index (χ0) is 19.0. The minimum absolute atomic E-state index is 0. The highest BCUT2D eigenvalue weighted by molar-refractivity contribution is 14.0. The molecule has 4 nitrogen and oxygen atoms in total. The lowest BCUT2D eigenvalue weighted by atomic mass is 10.1. The van der Waals surface area contributed by atoms with E-state index in [1.165, 1.54) is 12.1 Å². The van der Waals surface area contributed by atoms with Crippen LogP contribution in [0.5, 0.6) is 5.75 Å². The maximum Gasteiger partial charge on any atom is 0.416 e. The second-order valence-corrected chi connectivity index (χ2v) is 5.82. The van der Waals surface area contributed by atoms with E-state index in [1.807, 2.05) is 12.1 Å². The van der Waals surface area contributed by atoms with Crippen LogP contribution in [0.1, 0.15) is 23.1 Å². The first kappa shape index (κ1) is 23.1. The van der Waals surface area contributed by atoms with E-state index in [2.05, 4.69) is 15.6 Å². The summed E-state index contributed by atoms with van der Waals surface area (Å²) in [7, 11) is 1.64. The lowest BCUT2D eigenvalue weighted by molar-refractivity contribution is -0.137. The lowest BCUT2D eigenvalue weighted by Gasteiger charge is -2.13. The molecule has 0 aliphatic heterocycles. The molecule has 0 fully saturated rings. The minimum atomic E-state index is -4.32. The Balaban J connectivity index is 0.00000364. The topological polar surface area (TPSA) is 56.7 Å². The summed E-state index contributed by atoms with van der Waals surface area (Å²) in [6, 6.07) is 12.1. The number of rotatable bonds is 6. The van der Waals surface area contributed by atoms with Gasteiger partial charge in [-0.1, -0.05) is 24.3 Å². The highest BCUT2D eigenvalue weighted by Gasteiger charge is 2.29. The molecule has 0 spiro atoms. The van der Waals surface area contributed by atoms with Crippen LogP contribution in [0, 0.1) is 0 Å². The van der Waals surface area contributed by atoms with Gasteiger partial charge < -0.3 is 15.7 Å². The Kier molecular flexibility index (Phi) is 9.40. The summed E-state index contributed by atoms with van der Waals surface area (Å²) in [4.78, 5) is 4.10. The molecular formula is C19H23F3IN3O. The molecule has 0 aromatic heterocycles. The molecule has 0 saturated heterocycles. The van der Waals surface area contributed by atoms with E-state index in [-0.39, 0.29) is 29.7 Å². The third kappa shape index (κ3) is 8.06. The molecule has 3 N–H and O–H groups in total. The third-order valence-electron chi connectivity index (χ3n) is 3.84. The number of aromatic hydroxyl groups is 1. The maximum atomic E-state index is 12.5. The van der Waals surface area contributed by atoms with Gasteiger partial charge in [-0.3, -0.25) is 4.99 Å². The smallest absolute Gasteiger partial charge is 0.416 e. The van der Waals surface area contributed by atoms with Crippen LogP contribution in [-0.2, 0) is 19.1 Å². The van der Waals surface area contributed by atoms with Gasteiger partial charge in [0, 0.05) is 20.1 Å². The summed E-state index contributed by atoms with van der Waals surface area (Å²) >= 11 is 0. The molecule has 0 radical (unpaired) electrons. The fraction of sp³-hybridized carbons (Fsp3) is 0.316. The van der Waals surface area contributed by atoms with Crippen LogP contribution < -0.4 is 10.6 Å². The van der Waals surface area contributed by atoms with Crippen molar-refractivity contribution in [1.29, 1.82) is 0 Å². The Bertz CT molecular complexity index is 716. The molecule has 0 heterocycles. The molecule has 2 aromatic rings. The average molecular weight is 493 g/mol. The van der Waals surface area contributed by atoms with Gasteiger partial charge in [0.2, 0.25) is 0 Å². The molecule has 2 aromatic carbocycles. The zero-order valence-electron chi connectivity index (χ0n) is 14.9. The fourth-order valence-corrected chi connectivity index (χ4v) is 2.38. The van der Waals surface area contributed by atoms with Crippen LogP contribution in [0.25, 0.3) is 0 Å². The lowest BCUT2D eigenvalue weighted by Crippen LogP contribution is -2.37. The molecule has 27 heavy (non-hydrogen) atoms. The molecule has 0 saturated carbocycles. The Morgan fingerprint density at radius 3 is 2.11 bits per heavy atom. The van der Waals surface area contributed by atoms with E-state index >= 15 is 0 Å². The van der Waals surface area contributed by atoms with Crippen LogP contribution in [-0.4, -0.2) is 24.7 Å². The molecule has 2 rings (SSSR count). The number of phenolic OH excluding ortho intramolecular Hbond substituents is 1. The van der Waals surface area contributed by atoms with Gasteiger partial charge in [0.15, 0.2) is 5.96 Å². The van der Waals surface area contributed by atoms with Gasteiger partial charge in [0.1, 0.15) is 5.75 Å². The van der Waals surface area contributed by atoms with E-state index < -0.39 is 11.7 Å². The van der Waals surface area contributed by atoms with Crippen molar-refractivity contribution in [3.8, 4) is 5.75 Å². The predicted octanol–water partition coefficient (Wildman–Crippen LogP) is 4.33. The predicted molar refractivity (Wildman–Crippen MR) is 111 cm³/mol. The first-order valence-corrected chi connectivity index (χ1v) is 8.27. The van der Waals surface area contributed by atoms with Crippen LogP contribution in [0.4, 0.5) is 13.2 Å². The molecule has 0 atom stereocenters. The normalized spacial score (nSPS) is 11.6. The second-order valence-electron chi connectivity index (χ2n) is 5.82. The SMILES string of the molecule is CN=C(NCCCc1ccc(O)cc1)NCc1ccc(C(F)(F)F)cc1.I. The fourth-order valence-electron chi connectivity index (χ4n) is 2.38. The summed E-state index contributed by atoms with van der Waals surface area (Å²) < 4.78 is 37.6. The summed E-state index contributed by atoms with van der Waals surface area (Å²) in [5, 5.41) is 15.5. The minimum Gasteiger partial charge on any atom is -0.508 e. The number of nitrogens with one attached hydrogen (secondary N) is 2. The summed E-state index contributed by atoms with van der Waals surface area (Å²) in [5.74, 6) is 0.843. The number of guanidine groups is 1. The Morgan fingerprint density at radius 2 is 1.56 bits per heavy atom. The number of alkyl halides is 3. The molecule has 0 unspecified atom stereocenters.